The van der Waals surface area contributed by atoms with Gasteiger partial charge in [-0.2, -0.15) is 0 Å². The maximum Gasteiger partial charge on any atom is 0.318 e. The maximum atomic E-state index is 10.6. The molecule has 0 aromatic heterocycles. The first-order valence-electron chi connectivity index (χ1n) is 3.98. The molecule has 1 aromatic carbocycles. The number of hydrogen-bond donors (Lipinski definition) is 1. The molecule has 0 spiro atoms. The van der Waals surface area contributed by atoms with Gasteiger partial charge in [-0.3, -0.25) is 14.9 Å². The number of rotatable bonds is 4. The lowest BCUT2D eigenvalue weighted by molar-refractivity contribution is -0.384. The molecule has 0 saturated heterocycles. The summed E-state index contributed by atoms with van der Waals surface area (Å²) in [5, 5.41) is 19.1. The number of carbonyl (C=O) groups is 2. The highest BCUT2D eigenvalue weighted by Crippen LogP contribution is 2.19. The molecule has 1 atom stereocenters. The van der Waals surface area contributed by atoms with E-state index >= 15 is 0 Å². The zero-order chi connectivity index (χ0) is 11.4. The van der Waals surface area contributed by atoms with Gasteiger partial charge in [0.1, 0.15) is 12.2 Å². The van der Waals surface area contributed by atoms with Crippen molar-refractivity contribution in [2.75, 3.05) is 0 Å². The van der Waals surface area contributed by atoms with Crippen LogP contribution in [0, 0.1) is 10.1 Å². The first-order chi connectivity index (χ1) is 7.06. The molecule has 1 N–H and O–H groups in total. The fourth-order valence-electron chi connectivity index (χ4n) is 1.11. The molecule has 1 aromatic rings. The van der Waals surface area contributed by atoms with Crippen LogP contribution in [0.25, 0.3) is 0 Å². The summed E-state index contributed by atoms with van der Waals surface area (Å²) in [6.45, 7) is 0. The van der Waals surface area contributed by atoms with Crippen LogP contribution in [0.2, 0.25) is 0 Å². The van der Waals surface area contributed by atoms with Gasteiger partial charge in [0.2, 0.25) is 0 Å². The van der Waals surface area contributed by atoms with E-state index < -0.39 is 16.8 Å². The van der Waals surface area contributed by atoms with Gasteiger partial charge in [-0.15, -0.1) is 0 Å². The summed E-state index contributed by atoms with van der Waals surface area (Å²) in [5.41, 5.74) is -0.132. The van der Waals surface area contributed by atoms with E-state index in [9.17, 15) is 19.7 Å². The zero-order valence-electron chi connectivity index (χ0n) is 7.49. The molecule has 0 aliphatic carbocycles. The topological polar surface area (TPSA) is 97.5 Å². The molecule has 0 bridgehead atoms. The number of nitro benzene ring substituents is 1. The summed E-state index contributed by atoms with van der Waals surface area (Å²) in [6.07, 6.45) is 0.237. The predicted octanol–water partition coefficient (Wildman–Crippen LogP) is 0.962. The molecular weight excluding hydrogens is 202 g/mol. The fourth-order valence-corrected chi connectivity index (χ4v) is 1.11. The second-order valence-corrected chi connectivity index (χ2v) is 2.80. The Kier molecular flexibility index (Phi) is 3.12. The third-order valence-corrected chi connectivity index (χ3v) is 1.84. The van der Waals surface area contributed by atoms with Crippen molar-refractivity contribution >= 4 is 17.9 Å². The Morgan fingerprint density at radius 1 is 1.53 bits per heavy atom. The number of carbonyl (C=O) groups excluding carboxylic acids is 1. The van der Waals surface area contributed by atoms with E-state index in [-0.39, 0.29) is 17.5 Å². The van der Waals surface area contributed by atoms with E-state index in [0.717, 1.165) is 6.07 Å². The SMILES string of the molecule is O=CC(C(=O)O)c1cccc([N+](=O)[O-])c1. The van der Waals surface area contributed by atoms with Crippen molar-refractivity contribution in [3.8, 4) is 0 Å². The highest BCUT2D eigenvalue weighted by atomic mass is 16.6. The van der Waals surface area contributed by atoms with E-state index in [1.165, 1.54) is 18.2 Å². The van der Waals surface area contributed by atoms with Crippen LogP contribution in [0.15, 0.2) is 24.3 Å². The third-order valence-electron chi connectivity index (χ3n) is 1.84. The first kappa shape index (κ1) is 10.8. The molecule has 0 aliphatic rings. The molecule has 15 heavy (non-hydrogen) atoms. The van der Waals surface area contributed by atoms with Crippen LogP contribution >= 0.6 is 0 Å². The van der Waals surface area contributed by atoms with Crippen molar-refractivity contribution in [2.45, 2.75) is 5.92 Å². The van der Waals surface area contributed by atoms with E-state index in [2.05, 4.69) is 0 Å². The van der Waals surface area contributed by atoms with Gasteiger partial charge in [0.05, 0.1) is 4.92 Å². The Labute approximate surface area is 84.3 Å². The molecule has 0 fully saturated rings. The molecule has 1 rings (SSSR count). The van der Waals surface area contributed by atoms with Crippen LogP contribution in [0.5, 0.6) is 0 Å². The van der Waals surface area contributed by atoms with Crippen LogP contribution in [0.1, 0.15) is 11.5 Å². The number of nitro groups is 1. The second kappa shape index (κ2) is 4.32. The summed E-state index contributed by atoms with van der Waals surface area (Å²) in [7, 11) is 0. The van der Waals surface area contributed by atoms with Gasteiger partial charge < -0.3 is 9.90 Å². The number of carboxylic acid groups (broad SMARTS) is 1. The highest BCUT2D eigenvalue weighted by molar-refractivity contribution is 5.93. The van der Waals surface area contributed by atoms with Crippen molar-refractivity contribution in [3.05, 3.63) is 39.9 Å². The molecule has 0 saturated carbocycles. The Bertz CT molecular complexity index is 415. The van der Waals surface area contributed by atoms with Gasteiger partial charge in [-0.05, 0) is 5.56 Å². The summed E-state index contributed by atoms with van der Waals surface area (Å²) in [4.78, 5) is 30.8. The minimum absolute atomic E-state index is 0.103. The normalized spacial score (nSPS) is 11.7. The molecule has 0 heterocycles. The Hall–Kier alpha value is -2.24. The third kappa shape index (κ3) is 2.37. The highest BCUT2D eigenvalue weighted by Gasteiger charge is 2.20. The monoisotopic (exact) mass is 209 g/mol. The summed E-state index contributed by atoms with van der Waals surface area (Å²) < 4.78 is 0. The number of aliphatic carboxylic acids is 1. The van der Waals surface area contributed by atoms with Crippen LogP contribution < -0.4 is 0 Å². The quantitative estimate of drug-likeness (QED) is 0.344. The number of nitrogens with zero attached hydrogens (tertiary/aromatic N) is 1. The van der Waals surface area contributed by atoms with Gasteiger partial charge in [-0.1, -0.05) is 12.1 Å². The predicted molar refractivity (Wildman–Crippen MR) is 49.5 cm³/mol. The van der Waals surface area contributed by atoms with Crippen molar-refractivity contribution in [1.29, 1.82) is 0 Å². The number of carboxylic acids is 1. The van der Waals surface area contributed by atoms with Crippen LogP contribution in [-0.4, -0.2) is 22.3 Å². The molecule has 1 unspecified atom stereocenters. The molecule has 0 radical (unpaired) electrons. The van der Waals surface area contributed by atoms with E-state index in [1.54, 1.807) is 0 Å². The largest absolute Gasteiger partial charge is 0.480 e. The number of hydrogen-bond acceptors (Lipinski definition) is 4. The molecular formula is C9H7NO5. The molecule has 6 nitrogen and oxygen atoms in total. The maximum absolute atomic E-state index is 10.6. The first-order valence-corrected chi connectivity index (χ1v) is 3.98. The van der Waals surface area contributed by atoms with Gasteiger partial charge in [0.25, 0.3) is 5.69 Å². The zero-order valence-corrected chi connectivity index (χ0v) is 7.49. The standard InChI is InChI=1S/C9H7NO5/c11-5-8(9(12)13)6-2-1-3-7(4-6)10(14)15/h1-5,8H,(H,12,13). The van der Waals surface area contributed by atoms with Crippen LogP contribution in [0.3, 0.4) is 0 Å². The second-order valence-electron chi connectivity index (χ2n) is 2.80. The van der Waals surface area contributed by atoms with E-state index in [4.69, 9.17) is 5.11 Å². The average molecular weight is 209 g/mol. The molecule has 0 amide bonds. The lowest BCUT2D eigenvalue weighted by Gasteiger charge is -2.04. The van der Waals surface area contributed by atoms with Crippen LogP contribution in [0.4, 0.5) is 5.69 Å². The van der Waals surface area contributed by atoms with Crippen molar-refractivity contribution in [2.24, 2.45) is 0 Å². The average Bonchev–Trinajstić information content (AvgIpc) is 2.18. The minimum Gasteiger partial charge on any atom is -0.480 e. The lowest BCUT2D eigenvalue weighted by atomic mass is 10.0. The summed E-state index contributed by atoms with van der Waals surface area (Å²) in [5.74, 6) is -2.68. The smallest absolute Gasteiger partial charge is 0.318 e. The van der Waals surface area contributed by atoms with Gasteiger partial charge in [0, 0.05) is 12.1 Å². The summed E-state index contributed by atoms with van der Waals surface area (Å²) in [6, 6.07) is 5.01. The molecule has 0 aliphatic heterocycles. The van der Waals surface area contributed by atoms with Crippen molar-refractivity contribution in [1.82, 2.24) is 0 Å². The van der Waals surface area contributed by atoms with Gasteiger partial charge in [-0.25, -0.2) is 0 Å². The Morgan fingerprint density at radius 2 is 2.20 bits per heavy atom. The van der Waals surface area contributed by atoms with Crippen molar-refractivity contribution in [3.63, 3.8) is 0 Å². The number of non-ortho nitro benzene ring substituents is 1. The number of benzene rings is 1. The number of aldehydes is 1. The van der Waals surface area contributed by atoms with E-state index in [0.29, 0.717) is 0 Å². The minimum atomic E-state index is -1.36. The Morgan fingerprint density at radius 3 is 2.67 bits per heavy atom. The Balaban J connectivity index is 3.14. The lowest BCUT2D eigenvalue weighted by Crippen LogP contribution is -2.12. The van der Waals surface area contributed by atoms with Gasteiger partial charge in [0.15, 0.2) is 0 Å². The van der Waals surface area contributed by atoms with Gasteiger partial charge >= 0.3 is 5.97 Å². The molecule has 6 heteroatoms. The summed E-state index contributed by atoms with van der Waals surface area (Å²) >= 11 is 0. The van der Waals surface area contributed by atoms with Crippen LogP contribution in [-0.2, 0) is 9.59 Å². The molecule has 78 valence electrons. The fraction of sp³-hybridized carbons (Fsp3) is 0.111. The van der Waals surface area contributed by atoms with Crippen molar-refractivity contribution < 1.29 is 19.6 Å². The van der Waals surface area contributed by atoms with E-state index in [1.807, 2.05) is 0 Å².